The monoisotopic (exact) mass is 182 g/mol. The third-order valence-corrected chi connectivity index (χ3v) is 3.55. The molecule has 0 bridgehead atoms. The van der Waals surface area contributed by atoms with Crippen molar-refractivity contribution in [2.75, 3.05) is 20.1 Å². The zero-order valence-corrected chi connectivity index (χ0v) is 9.14. The number of hydrogen-bond acceptors (Lipinski definition) is 2. The van der Waals surface area contributed by atoms with Crippen LogP contribution in [-0.2, 0) is 0 Å². The molecular weight excluding hydrogens is 160 g/mol. The summed E-state index contributed by atoms with van der Waals surface area (Å²) in [6, 6.07) is 1.44. The van der Waals surface area contributed by atoms with Gasteiger partial charge in [0.2, 0.25) is 0 Å². The van der Waals surface area contributed by atoms with E-state index >= 15 is 0 Å². The Morgan fingerprint density at radius 3 is 2.62 bits per heavy atom. The third kappa shape index (κ3) is 1.89. The number of piperidine rings is 1. The van der Waals surface area contributed by atoms with E-state index in [0.717, 1.165) is 6.04 Å². The molecular formula is C11H22N2. The van der Waals surface area contributed by atoms with E-state index in [9.17, 15) is 0 Å². The zero-order valence-electron chi connectivity index (χ0n) is 9.14. The lowest BCUT2D eigenvalue weighted by Crippen LogP contribution is -2.51. The normalized spacial score (nSPS) is 32.8. The topological polar surface area (TPSA) is 15.3 Å². The minimum atomic E-state index is 0.644. The van der Waals surface area contributed by atoms with Gasteiger partial charge in [0.25, 0.3) is 0 Å². The second kappa shape index (κ2) is 3.25. The molecule has 1 aliphatic heterocycles. The number of nitrogens with zero attached hydrogens (tertiary/aromatic N) is 1. The van der Waals surface area contributed by atoms with E-state index in [2.05, 4.69) is 31.1 Å². The summed E-state index contributed by atoms with van der Waals surface area (Å²) in [5.74, 6) is 0. The highest BCUT2D eigenvalue weighted by molar-refractivity contribution is 5.06. The van der Waals surface area contributed by atoms with Crippen molar-refractivity contribution in [2.45, 2.75) is 45.2 Å². The van der Waals surface area contributed by atoms with E-state index in [4.69, 9.17) is 0 Å². The van der Waals surface area contributed by atoms with Crippen LogP contribution >= 0.6 is 0 Å². The molecule has 1 N–H and O–H groups in total. The number of likely N-dealkylation sites (tertiary alicyclic amines) is 1. The standard InChI is InChI=1S/C11H22N2/c1-9(2)12-10-4-7-13(3)8-11(10)5-6-11/h9-10,12H,4-8H2,1-3H3. The fourth-order valence-electron chi connectivity index (χ4n) is 2.71. The van der Waals surface area contributed by atoms with Gasteiger partial charge < -0.3 is 10.2 Å². The summed E-state index contributed by atoms with van der Waals surface area (Å²) >= 11 is 0. The SMILES string of the molecule is CC(C)NC1CCN(C)CC12CC2. The minimum Gasteiger partial charge on any atom is -0.311 e. The first-order chi connectivity index (χ1) is 6.12. The highest BCUT2D eigenvalue weighted by atomic mass is 15.2. The van der Waals surface area contributed by atoms with Crippen molar-refractivity contribution >= 4 is 0 Å². The molecule has 1 unspecified atom stereocenters. The van der Waals surface area contributed by atoms with Gasteiger partial charge in [-0.2, -0.15) is 0 Å². The summed E-state index contributed by atoms with van der Waals surface area (Å²) < 4.78 is 0. The van der Waals surface area contributed by atoms with Crippen molar-refractivity contribution in [1.29, 1.82) is 0 Å². The largest absolute Gasteiger partial charge is 0.311 e. The lowest BCUT2D eigenvalue weighted by molar-refractivity contribution is 0.141. The smallest absolute Gasteiger partial charge is 0.0150 e. The Bertz CT molecular complexity index is 185. The lowest BCUT2D eigenvalue weighted by Gasteiger charge is -2.38. The molecule has 13 heavy (non-hydrogen) atoms. The molecule has 0 aromatic rings. The molecule has 2 rings (SSSR count). The molecule has 1 atom stereocenters. The molecule has 2 heteroatoms. The Hall–Kier alpha value is -0.0800. The average molecular weight is 182 g/mol. The number of nitrogens with one attached hydrogen (secondary N) is 1. The molecule has 1 aliphatic carbocycles. The van der Waals surface area contributed by atoms with Crippen LogP contribution < -0.4 is 5.32 Å². The Labute approximate surface area is 81.7 Å². The first kappa shape index (κ1) is 9.47. The van der Waals surface area contributed by atoms with Gasteiger partial charge in [-0.05, 0) is 38.3 Å². The molecule has 1 heterocycles. The second-order valence-electron chi connectivity index (χ2n) is 5.26. The molecule has 76 valence electrons. The summed E-state index contributed by atoms with van der Waals surface area (Å²) in [4.78, 5) is 2.49. The van der Waals surface area contributed by atoms with Gasteiger partial charge in [0.05, 0.1) is 0 Å². The molecule has 0 radical (unpaired) electrons. The van der Waals surface area contributed by atoms with Crippen LogP contribution in [0.15, 0.2) is 0 Å². The summed E-state index contributed by atoms with van der Waals surface area (Å²) in [7, 11) is 2.26. The van der Waals surface area contributed by atoms with Gasteiger partial charge in [0.15, 0.2) is 0 Å². The summed E-state index contributed by atoms with van der Waals surface area (Å²) in [5, 5.41) is 3.73. The number of hydrogen-bond donors (Lipinski definition) is 1. The quantitative estimate of drug-likeness (QED) is 0.695. The van der Waals surface area contributed by atoms with Crippen LogP contribution in [0.25, 0.3) is 0 Å². The Balaban J connectivity index is 1.95. The molecule has 1 spiro atoms. The average Bonchev–Trinajstić information content (AvgIpc) is 2.76. The third-order valence-electron chi connectivity index (χ3n) is 3.55. The Morgan fingerprint density at radius 1 is 1.38 bits per heavy atom. The maximum absolute atomic E-state index is 3.73. The van der Waals surface area contributed by atoms with Crippen LogP contribution in [0.5, 0.6) is 0 Å². The number of rotatable bonds is 2. The van der Waals surface area contributed by atoms with Crippen LogP contribution in [0.2, 0.25) is 0 Å². The fraction of sp³-hybridized carbons (Fsp3) is 1.00. The molecule has 0 amide bonds. The van der Waals surface area contributed by atoms with Gasteiger partial charge in [-0.3, -0.25) is 0 Å². The molecule has 1 saturated heterocycles. The van der Waals surface area contributed by atoms with Crippen molar-refractivity contribution < 1.29 is 0 Å². The van der Waals surface area contributed by atoms with Crippen molar-refractivity contribution in [3.63, 3.8) is 0 Å². The fourth-order valence-corrected chi connectivity index (χ4v) is 2.71. The predicted octanol–water partition coefficient (Wildman–Crippen LogP) is 1.47. The first-order valence-corrected chi connectivity index (χ1v) is 5.57. The van der Waals surface area contributed by atoms with E-state index in [1.165, 1.54) is 32.4 Å². The van der Waals surface area contributed by atoms with Crippen molar-refractivity contribution in [2.24, 2.45) is 5.41 Å². The zero-order chi connectivity index (χ0) is 9.47. The van der Waals surface area contributed by atoms with Crippen LogP contribution in [0, 0.1) is 5.41 Å². The van der Waals surface area contributed by atoms with Gasteiger partial charge in [-0.25, -0.2) is 0 Å². The van der Waals surface area contributed by atoms with E-state index < -0.39 is 0 Å². The Morgan fingerprint density at radius 2 is 2.08 bits per heavy atom. The Kier molecular flexibility index (Phi) is 2.37. The van der Waals surface area contributed by atoms with Crippen LogP contribution in [0.3, 0.4) is 0 Å². The van der Waals surface area contributed by atoms with Gasteiger partial charge in [0.1, 0.15) is 0 Å². The van der Waals surface area contributed by atoms with Crippen LogP contribution in [0.1, 0.15) is 33.1 Å². The highest BCUT2D eigenvalue weighted by Crippen LogP contribution is 2.51. The maximum Gasteiger partial charge on any atom is 0.0150 e. The first-order valence-electron chi connectivity index (χ1n) is 5.57. The van der Waals surface area contributed by atoms with Gasteiger partial charge in [0, 0.05) is 18.6 Å². The summed E-state index contributed by atoms with van der Waals surface area (Å²) in [5.41, 5.74) is 0.664. The maximum atomic E-state index is 3.73. The molecule has 2 fully saturated rings. The molecule has 0 aromatic heterocycles. The van der Waals surface area contributed by atoms with Crippen LogP contribution in [0.4, 0.5) is 0 Å². The van der Waals surface area contributed by atoms with E-state index in [1.54, 1.807) is 0 Å². The van der Waals surface area contributed by atoms with E-state index in [1.807, 2.05) is 0 Å². The summed E-state index contributed by atoms with van der Waals surface area (Å²) in [6.07, 6.45) is 4.23. The molecule has 2 nitrogen and oxygen atoms in total. The molecule has 2 aliphatic rings. The van der Waals surface area contributed by atoms with Crippen molar-refractivity contribution in [3.05, 3.63) is 0 Å². The van der Waals surface area contributed by atoms with Crippen molar-refractivity contribution in [1.82, 2.24) is 10.2 Å². The second-order valence-corrected chi connectivity index (χ2v) is 5.26. The highest BCUT2D eigenvalue weighted by Gasteiger charge is 2.51. The van der Waals surface area contributed by atoms with Crippen LogP contribution in [-0.4, -0.2) is 37.1 Å². The van der Waals surface area contributed by atoms with E-state index in [-0.39, 0.29) is 0 Å². The van der Waals surface area contributed by atoms with Gasteiger partial charge >= 0.3 is 0 Å². The predicted molar refractivity (Wildman–Crippen MR) is 55.8 cm³/mol. The van der Waals surface area contributed by atoms with Gasteiger partial charge in [-0.15, -0.1) is 0 Å². The van der Waals surface area contributed by atoms with Crippen molar-refractivity contribution in [3.8, 4) is 0 Å². The minimum absolute atomic E-state index is 0.644. The lowest BCUT2D eigenvalue weighted by atomic mass is 9.89. The van der Waals surface area contributed by atoms with Gasteiger partial charge in [-0.1, -0.05) is 13.8 Å². The van der Waals surface area contributed by atoms with E-state index in [0.29, 0.717) is 11.5 Å². The molecule has 0 aromatic carbocycles. The summed E-state index contributed by atoms with van der Waals surface area (Å²) in [6.45, 7) is 7.10. The molecule has 1 saturated carbocycles.